The van der Waals surface area contributed by atoms with E-state index in [2.05, 4.69) is 31.9 Å². The summed E-state index contributed by atoms with van der Waals surface area (Å²) in [6, 6.07) is 9.09. The van der Waals surface area contributed by atoms with E-state index in [1.807, 2.05) is 26.0 Å². The fourth-order valence-electron chi connectivity index (χ4n) is 1.87. The molecule has 0 fully saturated rings. The van der Waals surface area contributed by atoms with Crippen molar-refractivity contribution < 1.29 is 4.79 Å². The highest BCUT2D eigenvalue weighted by Gasteiger charge is 2.14. The van der Waals surface area contributed by atoms with E-state index in [9.17, 15) is 4.79 Å². The van der Waals surface area contributed by atoms with Crippen molar-refractivity contribution in [3.05, 3.63) is 66.6 Å². The van der Waals surface area contributed by atoms with Crippen LogP contribution in [0.25, 0.3) is 0 Å². The summed E-state index contributed by atoms with van der Waals surface area (Å²) < 4.78 is 1.81. The lowest BCUT2D eigenvalue weighted by Gasteiger charge is -2.09. The predicted octanol–water partition coefficient (Wildman–Crippen LogP) is 5.71. The Morgan fingerprint density at radius 1 is 1.00 bits per heavy atom. The van der Waals surface area contributed by atoms with Gasteiger partial charge < -0.3 is 0 Å². The molecule has 0 aromatic heterocycles. The minimum atomic E-state index is -0.0173. The van der Waals surface area contributed by atoms with E-state index < -0.39 is 0 Å². The standard InChI is InChI=1S/C15H11Br2ClO/c1-8-4-14(17)9(2)3-13(8)15(19)10-5-11(16)7-12(18)6-10/h3-7H,1-2H3. The summed E-state index contributed by atoms with van der Waals surface area (Å²) in [6.45, 7) is 3.89. The van der Waals surface area contributed by atoms with Crippen LogP contribution in [0.1, 0.15) is 27.0 Å². The summed E-state index contributed by atoms with van der Waals surface area (Å²) in [6.07, 6.45) is 0. The van der Waals surface area contributed by atoms with Crippen molar-refractivity contribution >= 4 is 49.2 Å². The van der Waals surface area contributed by atoms with E-state index >= 15 is 0 Å². The molecule has 0 unspecified atom stereocenters. The summed E-state index contributed by atoms with van der Waals surface area (Å²) in [5, 5.41) is 0.546. The summed E-state index contributed by atoms with van der Waals surface area (Å²) in [5.41, 5.74) is 3.27. The van der Waals surface area contributed by atoms with Gasteiger partial charge in [0.05, 0.1) is 0 Å². The number of hydrogen-bond acceptors (Lipinski definition) is 1. The van der Waals surface area contributed by atoms with Crippen LogP contribution in [0.2, 0.25) is 5.02 Å². The number of rotatable bonds is 2. The SMILES string of the molecule is Cc1cc(C(=O)c2cc(Cl)cc(Br)c2)c(C)cc1Br. The molecule has 0 heterocycles. The van der Waals surface area contributed by atoms with E-state index in [-0.39, 0.29) is 5.78 Å². The molecule has 4 heteroatoms. The van der Waals surface area contributed by atoms with E-state index in [1.54, 1.807) is 18.2 Å². The fourth-order valence-corrected chi connectivity index (χ4v) is 3.18. The third-order valence-corrected chi connectivity index (χ3v) is 4.41. The van der Waals surface area contributed by atoms with Crippen molar-refractivity contribution in [1.82, 2.24) is 0 Å². The van der Waals surface area contributed by atoms with Gasteiger partial charge in [-0.1, -0.05) is 43.5 Å². The molecule has 0 saturated carbocycles. The lowest BCUT2D eigenvalue weighted by molar-refractivity contribution is 0.103. The molecule has 2 aromatic rings. The van der Waals surface area contributed by atoms with Gasteiger partial charge >= 0.3 is 0 Å². The highest BCUT2D eigenvalue weighted by Crippen LogP contribution is 2.26. The minimum Gasteiger partial charge on any atom is -0.289 e. The summed E-state index contributed by atoms with van der Waals surface area (Å²) >= 11 is 12.8. The Bertz CT molecular complexity index is 645. The van der Waals surface area contributed by atoms with Crippen LogP contribution in [-0.4, -0.2) is 5.78 Å². The van der Waals surface area contributed by atoms with Crippen LogP contribution >= 0.6 is 43.5 Å². The van der Waals surface area contributed by atoms with Gasteiger partial charge in [0.25, 0.3) is 0 Å². The van der Waals surface area contributed by atoms with Gasteiger partial charge in [-0.15, -0.1) is 0 Å². The van der Waals surface area contributed by atoms with Crippen LogP contribution in [0, 0.1) is 13.8 Å². The molecule has 19 heavy (non-hydrogen) atoms. The maximum Gasteiger partial charge on any atom is 0.193 e. The number of aryl methyl sites for hydroxylation is 2. The zero-order chi connectivity index (χ0) is 14.2. The van der Waals surface area contributed by atoms with Gasteiger partial charge in [-0.25, -0.2) is 0 Å². The lowest BCUT2D eigenvalue weighted by Crippen LogP contribution is -2.04. The number of halogens is 3. The third-order valence-electron chi connectivity index (χ3n) is 2.87. The molecule has 0 saturated heterocycles. The molecule has 0 aliphatic carbocycles. The highest BCUT2D eigenvalue weighted by atomic mass is 79.9. The zero-order valence-electron chi connectivity index (χ0n) is 10.4. The molecule has 98 valence electrons. The molecule has 0 amide bonds. The van der Waals surface area contributed by atoms with Crippen LogP contribution in [-0.2, 0) is 0 Å². The quantitative estimate of drug-likeness (QED) is 0.588. The van der Waals surface area contributed by atoms with E-state index in [0.29, 0.717) is 16.1 Å². The molecule has 2 aromatic carbocycles. The number of ketones is 1. The van der Waals surface area contributed by atoms with Gasteiger partial charge in [-0.05, 0) is 55.3 Å². The molecule has 0 aliphatic heterocycles. The molecule has 0 radical (unpaired) electrons. The number of carbonyl (C=O) groups is 1. The van der Waals surface area contributed by atoms with Crippen molar-refractivity contribution in [2.24, 2.45) is 0 Å². The molecular weight excluding hydrogens is 391 g/mol. The first-order chi connectivity index (χ1) is 8.88. The van der Waals surface area contributed by atoms with Crippen molar-refractivity contribution in [2.45, 2.75) is 13.8 Å². The first-order valence-corrected chi connectivity index (χ1v) is 7.62. The Labute approximate surface area is 134 Å². The average molecular weight is 403 g/mol. The highest BCUT2D eigenvalue weighted by molar-refractivity contribution is 9.10. The average Bonchev–Trinajstić information content (AvgIpc) is 2.31. The Kier molecular flexibility index (Phi) is 4.49. The third kappa shape index (κ3) is 3.28. The van der Waals surface area contributed by atoms with Crippen molar-refractivity contribution in [2.75, 3.05) is 0 Å². The Morgan fingerprint density at radius 3 is 2.32 bits per heavy atom. The molecule has 0 spiro atoms. The molecule has 1 nitrogen and oxygen atoms in total. The fraction of sp³-hybridized carbons (Fsp3) is 0.133. The molecule has 0 bridgehead atoms. The molecule has 0 atom stereocenters. The molecule has 0 N–H and O–H groups in total. The minimum absolute atomic E-state index is 0.0173. The van der Waals surface area contributed by atoms with Gasteiger partial charge in [0.2, 0.25) is 0 Å². The summed E-state index contributed by atoms with van der Waals surface area (Å²) in [5.74, 6) is -0.0173. The molecule has 0 aliphatic rings. The van der Waals surface area contributed by atoms with Gasteiger partial charge in [0.15, 0.2) is 5.78 Å². The van der Waals surface area contributed by atoms with Gasteiger partial charge in [0, 0.05) is 25.1 Å². The number of benzene rings is 2. The smallest absolute Gasteiger partial charge is 0.193 e. The van der Waals surface area contributed by atoms with Crippen molar-refractivity contribution in [1.29, 1.82) is 0 Å². The second-order valence-corrected chi connectivity index (χ2v) is 6.61. The van der Waals surface area contributed by atoms with Crippen LogP contribution in [0.15, 0.2) is 39.3 Å². The number of carbonyl (C=O) groups excluding carboxylic acids is 1. The Balaban J connectivity index is 2.53. The zero-order valence-corrected chi connectivity index (χ0v) is 14.4. The van der Waals surface area contributed by atoms with Gasteiger partial charge in [-0.3, -0.25) is 4.79 Å². The summed E-state index contributed by atoms with van der Waals surface area (Å²) in [7, 11) is 0. The largest absolute Gasteiger partial charge is 0.289 e. The lowest BCUT2D eigenvalue weighted by atomic mass is 9.97. The number of hydrogen-bond donors (Lipinski definition) is 0. The Hall–Kier alpha value is -0.640. The van der Waals surface area contributed by atoms with Crippen LogP contribution < -0.4 is 0 Å². The second-order valence-electron chi connectivity index (χ2n) is 4.40. The van der Waals surface area contributed by atoms with Crippen LogP contribution in [0.3, 0.4) is 0 Å². The monoisotopic (exact) mass is 400 g/mol. The van der Waals surface area contributed by atoms with E-state index in [1.165, 1.54) is 0 Å². The van der Waals surface area contributed by atoms with Crippen molar-refractivity contribution in [3.8, 4) is 0 Å². The summed E-state index contributed by atoms with van der Waals surface area (Å²) in [4.78, 5) is 12.5. The maximum absolute atomic E-state index is 12.5. The van der Waals surface area contributed by atoms with E-state index in [4.69, 9.17) is 11.6 Å². The topological polar surface area (TPSA) is 17.1 Å². The van der Waals surface area contributed by atoms with Crippen LogP contribution in [0.4, 0.5) is 0 Å². The van der Waals surface area contributed by atoms with Gasteiger partial charge in [-0.2, -0.15) is 0 Å². The van der Waals surface area contributed by atoms with Gasteiger partial charge in [0.1, 0.15) is 0 Å². The normalized spacial score (nSPS) is 10.6. The Morgan fingerprint density at radius 2 is 1.68 bits per heavy atom. The molecule has 2 rings (SSSR count). The first kappa shape index (κ1) is 14.8. The first-order valence-electron chi connectivity index (χ1n) is 5.66. The van der Waals surface area contributed by atoms with E-state index in [0.717, 1.165) is 20.1 Å². The molecular formula is C15H11Br2ClO. The second kappa shape index (κ2) is 5.78. The predicted molar refractivity (Wildman–Crippen MR) is 86.2 cm³/mol. The van der Waals surface area contributed by atoms with Crippen LogP contribution in [0.5, 0.6) is 0 Å². The van der Waals surface area contributed by atoms with Crippen molar-refractivity contribution in [3.63, 3.8) is 0 Å². The maximum atomic E-state index is 12.5.